The van der Waals surface area contributed by atoms with Gasteiger partial charge in [-0.3, -0.25) is 0 Å². The van der Waals surface area contributed by atoms with E-state index in [1.54, 1.807) is 6.07 Å². The number of pyridine rings is 1. The van der Waals surface area contributed by atoms with Gasteiger partial charge in [-0.1, -0.05) is 53.5 Å². The summed E-state index contributed by atoms with van der Waals surface area (Å²) in [5, 5.41) is 18.7. The van der Waals surface area contributed by atoms with Gasteiger partial charge in [0, 0.05) is 19.3 Å². The third-order valence-electron chi connectivity index (χ3n) is 3.20. The summed E-state index contributed by atoms with van der Waals surface area (Å²) in [7, 11) is 0. The molecule has 2 amide bonds. The highest BCUT2D eigenvalue weighted by molar-refractivity contribution is 6.35. The molecule has 8 heteroatoms. The highest BCUT2D eigenvalue weighted by Gasteiger charge is 2.12. The van der Waals surface area contributed by atoms with Gasteiger partial charge in [-0.05, 0) is 11.6 Å². The molecule has 1 heterocycles. The number of urea groups is 1. The lowest BCUT2D eigenvalue weighted by atomic mass is 10.1. The van der Waals surface area contributed by atoms with Crippen molar-refractivity contribution < 1.29 is 9.90 Å². The van der Waals surface area contributed by atoms with E-state index in [0.717, 1.165) is 5.56 Å². The van der Waals surface area contributed by atoms with Gasteiger partial charge in [-0.15, -0.1) is 0 Å². The summed E-state index contributed by atoms with van der Waals surface area (Å²) in [5.74, 6) is 0.501. The minimum atomic E-state index is -0.452. The molecule has 0 aliphatic carbocycles. The Kier molecular flexibility index (Phi) is 7.11. The number of amides is 2. The van der Waals surface area contributed by atoms with Crippen molar-refractivity contribution in [1.82, 2.24) is 15.6 Å². The number of rotatable bonds is 7. The van der Waals surface area contributed by atoms with Gasteiger partial charge in [0.25, 0.3) is 0 Å². The fraction of sp³-hybridized carbons (Fsp3) is 0.250. The van der Waals surface area contributed by atoms with Gasteiger partial charge in [0.2, 0.25) is 0 Å². The van der Waals surface area contributed by atoms with Crippen LogP contribution in [0.25, 0.3) is 0 Å². The predicted molar refractivity (Wildman–Crippen MR) is 95.5 cm³/mol. The minimum Gasteiger partial charge on any atom is -0.394 e. The zero-order valence-electron chi connectivity index (χ0n) is 12.8. The van der Waals surface area contributed by atoms with E-state index in [2.05, 4.69) is 20.9 Å². The first-order chi connectivity index (χ1) is 11.6. The molecule has 24 heavy (non-hydrogen) atoms. The quantitative estimate of drug-likeness (QED) is 0.566. The van der Waals surface area contributed by atoms with Crippen molar-refractivity contribution in [3.05, 3.63) is 58.2 Å². The van der Waals surface area contributed by atoms with Crippen molar-refractivity contribution in [3.63, 3.8) is 0 Å². The first kappa shape index (κ1) is 18.3. The van der Waals surface area contributed by atoms with Gasteiger partial charge in [-0.2, -0.15) is 0 Å². The van der Waals surface area contributed by atoms with E-state index in [9.17, 15) is 9.90 Å². The van der Waals surface area contributed by atoms with E-state index in [0.29, 0.717) is 29.0 Å². The second-order valence-electron chi connectivity index (χ2n) is 4.96. The maximum atomic E-state index is 11.9. The second-order valence-corrected chi connectivity index (χ2v) is 5.80. The summed E-state index contributed by atoms with van der Waals surface area (Å²) < 4.78 is 0. The highest BCUT2D eigenvalue weighted by Crippen LogP contribution is 2.22. The van der Waals surface area contributed by atoms with Crippen LogP contribution in [0.4, 0.5) is 10.6 Å². The molecule has 4 N–H and O–H groups in total. The number of halogens is 2. The smallest absolute Gasteiger partial charge is 0.315 e. The fourth-order valence-electron chi connectivity index (χ4n) is 2.03. The van der Waals surface area contributed by atoms with E-state index in [4.69, 9.17) is 23.2 Å². The maximum Gasteiger partial charge on any atom is 0.315 e. The van der Waals surface area contributed by atoms with Crippen LogP contribution >= 0.6 is 23.2 Å². The van der Waals surface area contributed by atoms with Crippen LogP contribution in [0.2, 0.25) is 10.0 Å². The molecule has 2 aromatic rings. The van der Waals surface area contributed by atoms with Gasteiger partial charge in [0.05, 0.1) is 22.7 Å². The number of anilines is 1. The zero-order chi connectivity index (χ0) is 17.4. The monoisotopic (exact) mass is 368 g/mol. The van der Waals surface area contributed by atoms with E-state index in [1.807, 2.05) is 30.3 Å². The van der Waals surface area contributed by atoms with Crippen molar-refractivity contribution in [3.8, 4) is 0 Å². The van der Waals surface area contributed by atoms with Gasteiger partial charge in [-0.25, -0.2) is 9.78 Å². The SMILES string of the molecule is O=C(NCCNc1ncc(Cl)cc1Cl)NC(CO)c1ccccc1. The lowest BCUT2D eigenvalue weighted by Crippen LogP contribution is -2.41. The average molecular weight is 369 g/mol. The Morgan fingerprint density at radius 2 is 1.96 bits per heavy atom. The van der Waals surface area contributed by atoms with Gasteiger partial charge in [0.15, 0.2) is 0 Å². The van der Waals surface area contributed by atoms with Crippen molar-refractivity contribution in [1.29, 1.82) is 0 Å². The molecular weight excluding hydrogens is 351 g/mol. The standard InChI is InChI=1S/C16H18Cl2N4O2/c17-12-8-13(18)15(21-9-12)19-6-7-20-16(24)22-14(10-23)11-4-2-1-3-5-11/h1-5,8-9,14,23H,6-7,10H2,(H,19,21)(H2,20,22,24). The molecule has 0 saturated carbocycles. The predicted octanol–water partition coefficient (Wildman–Crippen LogP) is 2.83. The summed E-state index contributed by atoms with van der Waals surface area (Å²) in [6, 6.07) is 10.0. The van der Waals surface area contributed by atoms with Crippen molar-refractivity contribution in [2.24, 2.45) is 0 Å². The summed E-state index contributed by atoms with van der Waals surface area (Å²) in [5.41, 5.74) is 0.838. The van der Waals surface area contributed by atoms with E-state index in [1.165, 1.54) is 6.20 Å². The molecule has 0 aliphatic rings. The maximum absolute atomic E-state index is 11.9. The molecule has 0 radical (unpaired) electrons. The Bertz CT molecular complexity index is 670. The average Bonchev–Trinajstić information content (AvgIpc) is 2.59. The van der Waals surface area contributed by atoms with Crippen LogP contribution in [0.1, 0.15) is 11.6 Å². The Labute approximate surface area is 150 Å². The van der Waals surface area contributed by atoms with E-state index < -0.39 is 6.04 Å². The van der Waals surface area contributed by atoms with Crippen LogP contribution in [-0.2, 0) is 0 Å². The highest BCUT2D eigenvalue weighted by atomic mass is 35.5. The number of nitrogens with zero attached hydrogens (tertiary/aromatic N) is 1. The topological polar surface area (TPSA) is 86.3 Å². The number of aromatic nitrogens is 1. The molecule has 1 aromatic carbocycles. The van der Waals surface area contributed by atoms with Gasteiger partial charge in [0.1, 0.15) is 5.82 Å². The first-order valence-electron chi connectivity index (χ1n) is 7.35. The number of carbonyl (C=O) groups excluding carboxylic acids is 1. The molecule has 0 saturated heterocycles. The Balaban J connectivity index is 1.74. The Morgan fingerprint density at radius 3 is 2.62 bits per heavy atom. The molecular formula is C16H18Cl2N4O2. The first-order valence-corrected chi connectivity index (χ1v) is 8.11. The normalized spacial score (nSPS) is 11.6. The Hall–Kier alpha value is -2.02. The third kappa shape index (κ3) is 5.56. The fourth-order valence-corrected chi connectivity index (χ4v) is 2.48. The number of nitrogens with one attached hydrogen (secondary N) is 3. The Morgan fingerprint density at radius 1 is 1.21 bits per heavy atom. The molecule has 0 fully saturated rings. The van der Waals surface area contributed by atoms with Crippen molar-refractivity contribution >= 4 is 35.1 Å². The molecule has 0 bridgehead atoms. The molecule has 0 spiro atoms. The van der Waals surface area contributed by atoms with E-state index >= 15 is 0 Å². The van der Waals surface area contributed by atoms with Gasteiger partial charge >= 0.3 is 6.03 Å². The molecule has 1 aromatic heterocycles. The lowest BCUT2D eigenvalue weighted by molar-refractivity contribution is 0.217. The number of hydrogen-bond donors (Lipinski definition) is 4. The van der Waals surface area contributed by atoms with E-state index in [-0.39, 0.29) is 12.6 Å². The minimum absolute atomic E-state index is 0.181. The van der Waals surface area contributed by atoms with Crippen LogP contribution in [0, 0.1) is 0 Å². The number of hydrogen-bond acceptors (Lipinski definition) is 4. The van der Waals surface area contributed by atoms with Crippen molar-refractivity contribution in [2.75, 3.05) is 25.0 Å². The zero-order valence-corrected chi connectivity index (χ0v) is 14.3. The molecule has 2 rings (SSSR count). The second kappa shape index (κ2) is 9.32. The summed E-state index contributed by atoms with van der Waals surface area (Å²) >= 11 is 11.8. The summed E-state index contributed by atoms with van der Waals surface area (Å²) in [6.45, 7) is 0.621. The van der Waals surface area contributed by atoms with Crippen molar-refractivity contribution in [2.45, 2.75) is 6.04 Å². The number of aliphatic hydroxyl groups excluding tert-OH is 1. The molecule has 1 unspecified atom stereocenters. The molecule has 6 nitrogen and oxygen atoms in total. The third-order valence-corrected chi connectivity index (χ3v) is 3.70. The molecule has 1 atom stereocenters. The van der Waals surface area contributed by atoms with Crippen LogP contribution in [0.15, 0.2) is 42.6 Å². The number of carbonyl (C=O) groups is 1. The van der Waals surface area contributed by atoms with Crippen LogP contribution in [0.5, 0.6) is 0 Å². The number of benzene rings is 1. The van der Waals surface area contributed by atoms with Crippen LogP contribution in [-0.4, -0.2) is 35.8 Å². The summed E-state index contributed by atoms with van der Waals surface area (Å²) in [6.07, 6.45) is 1.49. The van der Waals surface area contributed by atoms with Gasteiger partial charge < -0.3 is 21.1 Å². The molecule has 0 aliphatic heterocycles. The molecule has 128 valence electrons. The van der Waals surface area contributed by atoms with Crippen LogP contribution in [0.3, 0.4) is 0 Å². The summed E-state index contributed by atoms with van der Waals surface area (Å²) in [4.78, 5) is 15.9. The lowest BCUT2D eigenvalue weighted by Gasteiger charge is -2.17. The van der Waals surface area contributed by atoms with Crippen LogP contribution < -0.4 is 16.0 Å². The number of aliphatic hydroxyl groups is 1. The largest absolute Gasteiger partial charge is 0.394 e.